The first-order chi connectivity index (χ1) is 15.5. The maximum atomic E-state index is 12.6. The van der Waals surface area contributed by atoms with Crippen LogP contribution in [0.25, 0.3) is 0 Å². The van der Waals surface area contributed by atoms with Crippen molar-refractivity contribution in [3.8, 4) is 0 Å². The highest BCUT2D eigenvalue weighted by Gasteiger charge is 2.31. The molecule has 1 aromatic heterocycles. The Hall–Kier alpha value is -2.91. The summed E-state index contributed by atoms with van der Waals surface area (Å²) in [6, 6.07) is 10.0. The number of benzene rings is 1. The molecule has 0 fully saturated rings. The van der Waals surface area contributed by atoms with E-state index in [1.807, 2.05) is 30.3 Å². The minimum atomic E-state index is -0.457. The summed E-state index contributed by atoms with van der Waals surface area (Å²) in [5.74, 6) is -0.689. The molecule has 0 spiro atoms. The van der Waals surface area contributed by atoms with E-state index in [-0.39, 0.29) is 25.2 Å². The van der Waals surface area contributed by atoms with Gasteiger partial charge in [0.15, 0.2) is 0 Å². The summed E-state index contributed by atoms with van der Waals surface area (Å²) in [6.07, 6.45) is 0.945. The molecule has 2 heterocycles. The zero-order chi connectivity index (χ0) is 22.9. The number of esters is 1. The summed E-state index contributed by atoms with van der Waals surface area (Å²) in [4.78, 5) is 39.7. The van der Waals surface area contributed by atoms with E-state index in [4.69, 9.17) is 9.47 Å². The predicted octanol–water partition coefficient (Wildman–Crippen LogP) is 3.21. The average Bonchev–Trinajstić information content (AvgIpc) is 3.14. The van der Waals surface area contributed by atoms with Gasteiger partial charge in [0.2, 0.25) is 5.91 Å². The van der Waals surface area contributed by atoms with Crippen molar-refractivity contribution in [2.75, 3.05) is 38.2 Å². The third-order valence-electron chi connectivity index (χ3n) is 5.03. The number of amides is 2. The molecule has 172 valence electrons. The largest absolute Gasteiger partial charge is 0.462 e. The van der Waals surface area contributed by atoms with E-state index in [1.54, 1.807) is 18.7 Å². The highest BCUT2D eigenvalue weighted by atomic mass is 32.1. The Morgan fingerprint density at radius 2 is 1.84 bits per heavy atom. The van der Waals surface area contributed by atoms with Crippen LogP contribution in [-0.2, 0) is 33.7 Å². The van der Waals surface area contributed by atoms with Crippen molar-refractivity contribution >= 4 is 34.3 Å². The lowest BCUT2D eigenvalue weighted by Crippen LogP contribution is -2.36. The summed E-state index contributed by atoms with van der Waals surface area (Å²) in [6.45, 7) is 5.64. The lowest BCUT2D eigenvalue weighted by atomic mass is 10.0. The van der Waals surface area contributed by atoms with E-state index in [0.29, 0.717) is 43.2 Å². The number of anilines is 1. The van der Waals surface area contributed by atoms with E-state index in [9.17, 15) is 14.4 Å². The van der Waals surface area contributed by atoms with Gasteiger partial charge in [-0.05, 0) is 44.4 Å². The number of hydrogen-bond acceptors (Lipinski definition) is 7. The molecule has 2 N–H and O–H groups in total. The van der Waals surface area contributed by atoms with Gasteiger partial charge in [0.25, 0.3) is 0 Å². The maximum Gasteiger partial charge on any atom is 0.410 e. The fourth-order valence-electron chi connectivity index (χ4n) is 3.53. The van der Waals surface area contributed by atoms with Crippen LogP contribution in [0.3, 0.4) is 0 Å². The molecule has 8 nitrogen and oxygen atoms in total. The van der Waals surface area contributed by atoms with Crippen LogP contribution >= 0.6 is 11.3 Å². The topological polar surface area (TPSA) is 97.0 Å². The Bertz CT molecular complexity index is 945. The van der Waals surface area contributed by atoms with Gasteiger partial charge in [-0.25, -0.2) is 9.59 Å². The quantitative estimate of drug-likeness (QED) is 0.442. The molecule has 9 heteroatoms. The molecule has 0 radical (unpaired) electrons. The third kappa shape index (κ3) is 6.08. The molecular weight excluding hydrogens is 430 g/mol. The van der Waals surface area contributed by atoms with Gasteiger partial charge in [-0.2, -0.15) is 0 Å². The number of ether oxygens (including phenoxy) is 2. The Kier molecular flexibility index (Phi) is 8.64. The number of carbonyl (C=O) groups excluding carboxylic acids is 3. The molecule has 0 atom stereocenters. The number of thiophene rings is 1. The minimum absolute atomic E-state index is 0.132. The molecule has 0 saturated carbocycles. The normalized spacial score (nSPS) is 12.8. The Morgan fingerprint density at radius 3 is 2.56 bits per heavy atom. The van der Waals surface area contributed by atoms with Crippen LogP contribution in [0.2, 0.25) is 0 Å². The number of nitrogens with one attached hydrogen (secondary N) is 2. The molecule has 0 bridgehead atoms. The van der Waals surface area contributed by atoms with Crippen LogP contribution in [0.4, 0.5) is 9.80 Å². The van der Waals surface area contributed by atoms with Gasteiger partial charge in [-0.15, -0.1) is 11.3 Å². The monoisotopic (exact) mass is 459 g/mol. The number of rotatable bonds is 9. The Labute approximate surface area is 191 Å². The van der Waals surface area contributed by atoms with Crippen molar-refractivity contribution in [3.63, 3.8) is 0 Å². The van der Waals surface area contributed by atoms with Gasteiger partial charge in [0.1, 0.15) is 5.00 Å². The van der Waals surface area contributed by atoms with E-state index >= 15 is 0 Å². The highest BCUT2D eigenvalue weighted by Crippen LogP contribution is 2.37. The van der Waals surface area contributed by atoms with E-state index in [2.05, 4.69) is 10.6 Å². The van der Waals surface area contributed by atoms with Crippen LogP contribution in [0.1, 0.15) is 40.2 Å². The molecule has 0 aliphatic carbocycles. The fraction of sp³-hybridized carbons (Fsp3) is 0.435. The zero-order valence-electron chi connectivity index (χ0n) is 18.4. The molecule has 1 aliphatic rings. The fourth-order valence-corrected chi connectivity index (χ4v) is 4.80. The van der Waals surface area contributed by atoms with E-state index in [1.165, 1.54) is 16.9 Å². The average molecular weight is 460 g/mol. The van der Waals surface area contributed by atoms with Crippen LogP contribution in [-0.4, -0.2) is 55.7 Å². The Morgan fingerprint density at radius 1 is 1.09 bits per heavy atom. The maximum absolute atomic E-state index is 12.6. The first kappa shape index (κ1) is 23.7. The lowest BCUT2D eigenvalue weighted by Gasteiger charge is -2.26. The van der Waals surface area contributed by atoms with Crippen molar-refractivity contribution in [3.05, 3.63) is 51.9 Å². The van der Waals surface area contributed by atoms with Gasteiger partial charge >= 0.3 is 12.1 Å². The van der Waals surface area contributed by atoms with Crippen LogP contribution in [0.15, 0.2) is 30.3 Å². The van der Waals surface area contributed by atoms with Crippen molar-refractivity contribution < 1.29 is 23.9 Å². The van der Waals surface area contributed by atoms with Gasteiger partial charge < -0.3 is 25.0 Å². The third-order valence-corrected chi connectivity index (χ3v) is 6.17. The molecule has 32 heavy (non-hydrogen) atoms. The number of carbonyl (C=O) groups is 3. The highest BCUT2D eigenvalue weighted by molar-refractivity contribution is 7.17. The van der Waals surface area contributed by atoms with Crippen LogP contribution < -0.4 is 10.6 Å². The number of hydrogen-bond donors (Lipinski definition) is 2. The van der Waals surface area contributed by atoms with Gasteiger partial charge in [0.05, 0.1) is 31.9 Å². The second kappa shape index (κ2) is 11.6. The van der Waals surface area contributed by atoms with Crippen molar-refractivity contribution in [2.24, 2.45) is 0 Å². The van der Waals surface area contributed by atoms with Crippen LogP contribution in [0.5, 0.6) is 0 Å². The summed E-state index contributed by atoms with van der Waals surface area (Å²) >= 11 is 1.31. The summed E-state index contributed by atoms with van der Waals surface area (Å²) in [5, 5.41) is 6.46. The number of nitrogens with zero attached hydrogens (tertiary/aromatic N) is 1. The summed E-state index contributed by atoms with van der Waals surface area (Å²) < 4.78 is 10.3. The molecule has 0 saturated heterocycles. The molecular formula is C23H29N3O5S. The second-order valence-electron chi connectivity index (χ2n) is 7.26. The Balaban J connectivity index is 1.65. The molecule has 1 aliphatic heterocycles. The minimum Gasteiger partial charge on any atom is -0.462 e. The van der Waals surface area contributed by atoms with Crippen molar-refractivity contribution in [2.45, 2.75) is 33.2 Å². The first-order valence-corrected chi connectivity index (χ1v) is 11.6. The summed E-state index contributed by atoms with van der Waals surface area (Å²) in [7, 11) is 0. The van der Waals surface area contributed by atoms with Gasteiger partial charge in [-0.1, -0.05) is 30.3 Å². The van der Waals surface area contributed by atoms with Crippen LogP contribution in [0, 0.1) is 0 Å². The SMILES string of the molecule is CCOC(=O)c1c(NC(=O)CNCCc2ccccc2)sc2c1CCN(C(=O)OCC)C2. The second-order valence-corrected chi connectivity index (χ2v) is 8.36. The lowest BCUT2D eigenvalue weighted by molar-refractivity contribution is -0.115. The molecule has 2 aromatic rings. The van der Waals surface area contributed by atoms with E-state index in [0.717, 1.165) is 16.9 Å². The van der Waals surface area contributed by atoms with E-state index < -0.39 is 5.97 Å². The zero-order valence-corrected chi connectivity index (χ0v) is 19.3. The van der Waals surface area contributed by atoms with Gasteiger partial charge in [-0.3, -0.25) is 4.79 Å². The smallest absolute Gasteiger partial charge is 0.410 e. The standard InChI is InChI=1S/C23H29N3O5S/c1-3-30-22(28)20-17-11-13-26(23(29)31-4-2)15-18(17)32-21(20)25-19(27)14-24-12-10-16-8-6-5-7-9-16/h5-9,24H,3-4,10-15H2,1-2H3,(H,25,27). The predicted molar refractivity (Wildman–Crippen MR) is 123 cm³/mol. The van der Waals surface area contributed by atoms with Crippen molar-refractivity contribution in [1.29, 1.82) is 0 Å². The molecule has 0 unspecified atom stereocenters. The van der Waals surface area contributed by atoms with Crippen molar-refractivity contribution in [1.82, 2.24) is 10.2 Å². The van der Waals surface area contributed by atoms with Gasteiger partial charge in [0, 0.05) is 11.4 Å². The molecule has 2 amide bonds. The first-order valence-electron chi connectivity index (χ1n) is 10.8. The molecule has 1 aromatic carbocycles. The number of fused-ring (bicyclic) bond motifs is 1. The summed E-state index contributed by atoms with van der Waals surface area (Å²) in [5.41, 5.74) is 2.43. The molecule has 3 rings (SSSR count).